The molecule has 3 saturated heterocycles. The van der Waals surface area contributed by atoms with Crippen LogP contribution in [-0.4, -0.2) is 125 Å². The molecule has 74 heavy (non-hydrogen) atoms. The molecule has 3 aliphatic heterocycles. The summed E-state index contributed by atoms with van der Waals surface area (Å²) in [5.74, 6) is -1.28. The molecule has 3 aliphatic rings. The molecule has 2 aromatic rings. The number of hydrogen-bond acceptors (Lipinski definition) is 15. The van der Waals surface area contributed by atoms with Crippen LogP contribution in [0.3, 0.4) is 0 Å². The molecule has 5 unspecified atom stereocenters. The van der Waals surface area contributed by atoms with Crippen molar-refractivity contribution >= 4 is 32.3 Å². The lowest BCUT2D eigenvalue weighted by Crippen LogP contribution is -2.69. The van der Waals surface area contributed by atoms with Crippen LogP contribution >= 0.6 is 0 Å². The summed E-state index contributed by atoms with van der Waals surface area (Å²) in [7, 11) is -2.85. The second-order valence-electron chi connectivity index (χ2n) is 22.1. The molecule has 13 atom stereocenters. The first kappa shape index (κ1) is 60.6. The maximum absolute atomic E-state index is 14.2. The summed E-state index contributed by atoms with van der Waals surface area (Å²) in [6.07, 6.45) is -8.33. The van der Waals surface area contributed by atoms with E-state index in [2.05, 4.69) is 58.0 Å². The molecular weight excluding hydrogens is 969 g/mol. The Balaban J connectivity index is 1.56. The maximum atomic E-state index is 14.2. The molecule has 0 spiro atoms. The molecule has 0 bridgehead atoms. The molecule has 0 saturated carbocycles. The highest BCUT2D eigenvalue weighted by molar-refractivity contribution is 6.74. The molecule has 0 aliphatic carbocycles. The van der Waals surface area contributed by atoms with Crippen LogP contribution in [0.4, 0.5) is 4.79 Å². The molecule has 3 heterocycles. The fourth-order valence-electron chi connectivity index (χ4n) is 9.47. The van der Waals surface area contributed by atoms with Crippen LogP contribution in [0.25, 0.3) is 0 Å². The lowest BCUT2D eigenvalue weighted by atomic mass is 9.87. The van der Waals surface area contributed by atoms with E-state index in [1.54, 1.807) is 6.92 Å². The van der Waals surface area contributed by atoms with Crippen LogP contribution in [0.2, 0.25) is 18.1 Å². The highest BCUT2D eigenvalue weighted by atomic mass is 28.4. The van der Waals surface area contributed by atoms with E-state index in [0.717, 1.165) is 11.1 Å². The van der Waals surface area contributed by atoms with E-state index >= 15 is 0 Å². The van der Waals surface area contributed by atoms with Crippen molar-refractivity contribution in [3.8, 4) is 0 Å². The number of aliphatic hydroxyl groups is 1. The minimum absolute atomic E-state index is 0.0314. The zero-order valence-corrected chi connectivity index (χ0v) is 46.8. The van der Waals surface area contributed by atoms with E-state index in [1.807, 2.05) is 95.3 Å². The number of carbonyl (C=O) groups excluding carboxylic acids is 4. The first-order chi connectivity index (χ1) is 35.0. The first-order valence-electron chi connectivity index (χ1n) is 26.5. The number of carbonyl (C=O) groups is 4. The summed E-state index contributed by atoms with van der Waals surface area (Å²) in [6, 6.07) is 17.0. The number of nitrogens with one attached hydrogen (secondary N) is 2. The fourth-order valence-corrected chi connectivity index (χ4v) is 11.9. The zero-order valence-electron chi connectivity index (χ0n) is 45.8. The maximum Gasteiger partial charge on any atom is 0.509 e. The minimum atomic E-state index is -2.85. The van der Waals surface area contributed by atoms with Crippen molar-refractivity contribution in [3.05, 3.63) is 84.4 Å². The third-order valence-electron chi connectivity index (χ3n) is 14.7. The molecule has 3 fully saturated rings. The molecule has 0 aromatic heterocycles. The third kappa shape index (κ3) is 17.1. The van der Waals surface area contributed by atoms with Crippen LogP contribution in [0, 0.1) is 23.7 Å². The summed E-state index contributed by atoms with van der Waals surface area (Å²) < 4.78 is 64.6. The number of fused-ring (bicyclic) bond motifs is 1. The van der Waals surface area contributed by atoms with E-state index in [-0.39, 0.29) is 74.4 Å². The van der Waals surface area contributed by atoms with Gasteiger partial charge in [0, 0.05) is 17.9 Å². The Kier molecular flexibility index (Phi) is 23.1. The summed E-state index contributed by atoms with van der Waals surface area (Å²) in [4.78, 5) is 54.5. The Hall–Kier alpha value is -4.24. The van der Waals surface area contributed by atoms with E-state index in [9.17, 15) is 24.3 Å². The van der Waals surface area contributed by atoms with Gasteiger partial charge in [0.1, 0.15) is 37.1 Å². The topological polar surface area (TPSA) is 205 Å². The van der Waals surface area contributed by atoms with E-state index in [4.69, 9.17) is 47.1 Å². The van der Waals surface area contributed by atoms with Gasteiger partial charge in [-0.2, -0.15) is 0 Å². The van der Waals surface area contributed by atoms with Crippen molar-refractivity contribution in [2.45, 2.75) is 200 Å². The molecular formula is C56H86N2O15Si. The van der Waals surface area contributed by atoms with Crippen molar-refractivity contribution in [1.29, 1.82) is 0 Å². The van der Waals surface area contributed by atoms with Gasteiger partial charge in [0.05, 0.1) is 50.9 Å². The fraction of sp³-hybridized carbons (Fsp3) is 0.679. The van der Waals surface area contributed by atoms with Gasteiger partial charge in [-0.3, -0.25) is 14.4 Å². The van der Waals surface area contributed by atoms with Crippen LogP contribution in [0.1, 0.15) is 119 Å². The van der Waals surface area contributed by atoms with Crippen LogP contribution in [0.15, 0.2) is 73.3 Å². The largest absolute Gasteiger partial charge is 0.509 e. The number of esters is 1. The SMILES string of the molecule is C=CCOC(=O)O[C@@H]1C(NC(=O)C[C@H](O)CC(C)C)[C@H](O[Si](C)(C)C(C)(C)C(C)C)OC(CO[C@@H]2OC3COC(c4ccccc4)O[C@H]3[C@H](C)C2NC(=O)C[C@@H](CC(C)C)OC(=O)CC)[C@H]1OCc1ccccc1. The standard InChI is InChI=1S/C56H86N2O15Si/c1-14-26-64-55(63)72-51-48(58-44(60)29-40(59)27-34(3)4)54(73-74(12,13)56(10,11)36(7)8)70-43(50(51)65-31-38-22-18-16-19-23-38)33-67-53-47(57-45(61)30-41(28-35(5)6)68-46(62)15-2)37(9)49-42(69-53)32-66-52(71-49)39-24-20-17-21-25-39/h14,16-25,34-37,40-43,47-54,59H,1,15,26-33H2,2-13H3,(H,57,61)(H,58,60)/t37-,40-,41-,42?,43?,47?,48?,49+,50-,51-,52?,53-,54+/m1/s1. The Bertz CT molecular complexity index is 2080. The Labute approximate surface area is 440 Å². The predicted octanol–water partition coefficient (Wildman–Crippen LogP) is 8.68. The smallest absolute Gasteiger partial charge is 0.462 e. The second kappa shape index (κ2) is 28.2. The molecule has 5 rings (SSSR count). The third-order valence-corrected chi connectivity index (χ3v) is 19.2. The minimum Gasteiger partial charge on any atom is -0.462 e. The van der Waals surface area contributed by atoms with Gasteiger partial charge in [-0.05, 0) is 54.3 Å². The molecule has 0 radical (unpaired) electrons. The number of benzene rings is 2. The Morgan fingerprint density at radius 1 is 0.838 bits per heavy atom. The molecule has 414 valence electrons. The van der Waals surface area contributed by atoms with Crippen molar-refractivity contribution in [3.63, 3.8) is 0 Å². The second-order valence-corrected chi connectivity index (χ2v) is 26.7. The van der Waals surface area contributed by atoms with Gasteiger partial charge < -0.3 is 62.8 Å². The Morgan fingerprint density at radius 2 is 1.47 bits per heavy atom. The number of hydrogen-bond donors (Lipinski definition) is 3. The summed E-state index contributed by atoms with van der Waals surface area (Å²) in [5.41, 5.74) is 1.63. The average molecular weight is 1060 g/mol. The number of aliphatic hydroxyl groups excluding tert-OH is 1. The van der Waals surface area contributed by atoms with Gasteiger partial charge in [-0.15, -0.1) is 0 Å². The predicted molar refractivity (Wildman–Crippen MR) is 280 cm³/mol. The highest BCUT2D eigenvalue weighted by Crippen LogP contribution is 2.46. The molecule has 2 amide bonds. The monoisotopic (exact) mass is 1050 g/mol. The van der Waals surface area contributed by atoms with Gasteiger partial charge in [0.25, 0.3) is 0 Å². The Morgan fingerprint density at radius 3 is 2.09 bits per heavy atom. The number of rotatable bonds is 26. The first-order valence-corrected chi connectivity index (χ1v) is 29.4. The normalized spacial score (nSPS) is 27.2. The molecule has 18 heteroatoms. The van der Waals surface area contributed by atoms with Crippen molar-refractivity contribution in [2.24, 2.45) is 23.7 Å². The van der Waals surface area contributed by atoms with Crippen LogP contribution in [0.5, 0.6) is 0 Å². The van der Waals surface area contributed by atoms with E-state index in [0.29, 0.717) is 12.8 Å². The summed E-state index contributed by atoms with van der Waals surface area (Å²) in [5, 5.41) is 16.8. The lowest BCUT2D eigenvalue weighted by Gasteiger charge is -2.51. The quantitative estimate of drug-likeness (QED) is 0.0458. The van der Waals surface area contributed by atoms with Gasteiger partial charge >= 0.3 is 12.1 Å². The van der Waals surface area contributed by atoms with Crippen molar-refractivity contribution in [2.75, 3.05) is 19.8 Å². The molecule has 2 aromatic carbocycles. The van der Waals surface area contributed by atoms with E-state index < -0.39 is 106 Å². The van der Waals surface area contributed by atoms with Gasteiger partial charge in [0.15, 0.2) is 33.3 Å². The molecule has 17 nitrogen and oxygen atoms in total. The van der Waals surface area contributed by atoms with Gasteiger partial charge in [0.2, 0.25) is 11.8 Å². The van der Waals surface area contributed by atoms with Gasteiger partial charge in [-0.25, -0.2) is 4.79 Å². The highest BCUT2D eigenvalue weighted by Gasteiger charge is 2.56. The number of amides is 2. The number of ether oxygens (including phenoxy) is 9. The zero-order chi connectivity index (χ0) is 54.3. The van der Waals surface area contributed by atoms with Crippen LogP contribution in [-0.2, 0) is 68.0 Å². The van der Waals surface area contributed by atoms with E-state index in [1.165, 1.54) is 6.08 Å². The average Bonchev–Trinajstić information content (AvgIpc) is 3.34. The van der Waals surface area contributed by atoms with Crippen molar-refractivity contribution < 1.29 is 71.3 Å². The summed E-state index contributed by atoms with van der Waals surface area (Å²) >= 11 is 0. The molecule has 3 N–H and O–H groups in total. The lowest BCUT2D eigenvalue weighted by molar-refractivity contribution is -0.342. The van der Waals surface area contributed by atoms with Gasteiger partial charge in [-0.1, -0.05) is 143 Å². The summed E-state index contributed by atoms with van der Waals surface area (Å²) in [6.45, 7) is 27.7. The van der Waals surface area contributed by atoms with Crippen LogP contribution < -0.4 is 10.6 Å². The van der Waals surface area contributed by atoms with Crippen molar-refractivity contribution in [1.82, 2.24) is 10.6 Å².